The van der Waals surface area contributed by atoms with E-state index in [1.165, 1.54) is 25.0 Å². The van der Waals surface area contributed by atoms with E-state index in [1.54, 1.807) is 6.07 Å². The quantitative estimate of drug-likeness (QED) is 0.485. The summed E-state index contributed by atoms with van der Waals surface area (Å²) in [4.78, 5) is 24.9. The molecular weight excluding hydrogens is 272 g/mol. The molecule has 0 aromatic heterocycles. The maximum Gasteiger partial charge on any atom is 0.304 e. The number of nitrogens with zero attached hydrogens (tertiary/aromatic N) is 2. The number of hydrogen-bond donors (Lipinski definition) is 2. The van der Waals surface area contributed by atoms with Crippen LogP contribution >= 0.6 is 0 Å². The standard InChI is InChI=1S/C14H20N4O3/c1-10(9-17-7-2-3-8-17)16-14(19)11-5-4-6-12(15)13(11)18(20)21/h4-6,10H,2-3,7-9,15H2,1H3,(H,16,19). The van der Waals surface area contributed by atoms with Gasteiger partial charge in [0.15, 0.2) is 0 Å². The lowest BCUT2D eigenvalue weighted by atomic mass is 10.1. The average Bonchev–Trinajstić information content (AvgIpc) is 2.90. The molecule has 1 aliphatic heterocycles. The van der Waals surface area contributed by atoms with Crippen molar-refractivity contribution < 1.29 is 9.72 Å². The summed E-state index contributed by atoms with van der Waals surface area (Å²) in [5.41, 5.74) is 5.27. The molecule has 0 bridgehead atoms. The van der Waals surface area contributed by atoms with Gasteiger partial charge in [0.2, 0.25) is 0 Å². The first-order valence-electron chi connectivity index (χ1n) is 7.05. The molecule has 3 N–H and O–H groups in total. The predicted octanol–water partition coefficient (Wildman–Crippen LogP) is 1.39. The summed E-state index contributed by atoms with van der Waals surface area (Å²) in [6.07, 6.45) is 2.36. The van der Waals surface area contributed by atoms with Crippen LogP contribution in [0.15, 0.2) is 18.2 Å². The van der Waals surface area contributed by atoms with Crippen LogP contribution in [0.5, 0.6) is 0 Å². The van der Waals surface area contributed by atoms with Crippen LogP contribution in [0.2, 0.25) is 0 Å². The van der Waals surface area contributed by atoms with Crippen molar-refractivity contribution >= 4 is 17.3 Å². The van der Waals surface area contributed by atoms with Gasteiger partial charge in [0.25, 0.3) is 5.91 Å². The van der Waals surface area contributed by atoms with Gasteiger partial charge in [-0.3, -0.25) is 14.9 Å². The number of carbonyl (C=O) groups excluding carboxylic acids is 1. The third-order valence-electron chi connectivity index (χ3n) is 3.60. The minimum atomic E-state index is -0.616. The van der Waals surface area contributed by atoms with Crippen LogP contribution in [-0.4, -0.2) is 41.4 Å². The Morgan fingerprint density at radius 2 is 2.14 bits per heavy atom. The van der Waals surface area contributed by atoms with E-state index in [1.807, 2.05) is 6.92 Å². The summed E-state index contributed by atoms with van der Waals surface area (Å²) >= 11 is 0. The van der Waals surface area contributed by atoms with E-state index in [9.17, 15) is 14.9 Å². The molecule has 0 saturated carbocycles. The van der Waals surface area contributed by atoms with Crippen molar-refractivity contribution in [2.45, 2.75) is 25.8 Å². The zero-order valence-corrected chi connectivity index (χ0v) is 12.0. The molecule has 1 heterocycles. The third kappa shape index (κ3) is 3.69. The van der Waals surface area contributed by atoms with Crippen LogP contribution < -0.4 is 11.1 Å². The highest BCUT2D eigenvalue weighted by molar-refractivity contribution is 6.00. The number of anilines is 1. The zero-order valence-electron chi connectivity index (χ0n) is 12.0. The second kappa shape index (κ2) is 6.53. The number of nitrogens with one attached hydrogen (secondary N) is 1. The molecule has 2 rings (SSSR count). The molecule has 7 heteroatoms. The number of nitro benzene ring substituents is 1. The van der Waals surface area contributed by atoms with Crippen LogP contribution in [0.1, 0.15) is 30.1 Å². The first-order chi connectivity index (χ1) is 9.99. The number of hydrogen-bond acceptors (Lipinski definition) is 5. The fourth-order valence-corrected chi connectivity index (χ4v) is 2.65. The van der Waals surface area contributed by atoms with Crippen molar-refractivity contribution in [3.05, 3.63) is 33.9 Å². The number of nitrogen functional groups attached to an aromatic ring is 1. The fraction of sp³-hybridized carbons (Fsp3) is 0.500. The average molecular weight is 292 g/mol. The monoisotopic (exact) mass is 292 g/mol. The highest BCUT2D eigenvalue weighted by Crippen LogP contribution is 2.25. The van der Waals surface area contributed by atoms with E-state index in [2.05, 4.69) is 10.2 Å². The molecule has 1 fully saturated rings. The van der Waals surface area contributed by atoms with Crippen molar-refractivity contribution in [2.75, 3.05) is 25.4 Å². The van der Waals surface area contributed by atoms with Crippen molar-refractivity contribution in [2.24, 2.45) is 0 Å². The Labute approximate surface area is 123 Å². The maximum absolute atomic E-state index is 12.2. The number of rotatable bonds is 5. The molecule has 21 heavy (non-hydrogen) atoms. The topological polar surface area (TPSA) is 102 Å². The molecular formula is C14H20N4O3. The van der Waals surface area contributed by atoms with Gasteiger partial charge in [0.05, 0.1) is 4.92 Å². The van der Waals surface area contributed by atoms with Gasteiger partial charge in [0, 0.05) is 12.6 Å². The highest BCUT2D eigenvalue weighted by atomic mass is 16.6. The predicted molar refractivity (Wildman–Crippen MR) is 80.1 cm³/mol. The minimum Gasteiger partial charge on any atom is -0.393 e. The Kier molecular flexibility index (Phi) is 4.74. The molecule has 1 aromatic carbocycles. The van der Waals surface area contributed by atoms with E-state index in [0.717, 1.165) is 19.6 Å². The van der Waals surface area contributed by atoms with E-state index < -0.39 is 10.8 Å². The first-order valence-corrected chi connectivity index (χ1v) is 7.05. The molecule has 114 valence electrons. The molecule has 1 aliphatic rings. The number of nitro groups is 1. The minimum absolute atomic E-state index is 0.000143. The Hall–Kier alpha value is -2.15. The van der Waals surface area contributed by atoms with Gasteiger partial charge in [-0.25, -0.2) is 0 Å². The molecule has 0 radical (unpaired) electrons. The molecule has 1 aromatic rings. The number of likely N-dealkylation sites (tertiary alicyclic amines) is 1. The number of amides is 1. The van der Waals surface area contributed by atoms with Gasteiger partial charge in [-0.2, -0.15) is 0 Å². The lowest BCUT2D eigenvalue weighted by Gasteiger charge is -2.21. The lowest BCUT2D eigenvalue weighted by molar-refractivity contribution is -0.384. The number of para-hydroxylation sites is 1. The molecule has 0 aliphatic carbocycles. The molecule has 0 spiro atoms. The second-order valence-corrected chi connectivity index (χ2v) is 5.38. The normalized spacial score (nSPS) is 16.6. The van der Waals surface area contributed by atoms with Gasteiger partial charge in [-0.1, -0.05) is 6.07 Å². The van der Waals surface area contributed by atoms with Crippen LogP contribution in [0.25, 0.3) is 0 Å². The van der Waals surface area contributed by atoms with E-state index in [-0.39, 0.29) is 23.0 Å². The van der Waals surface area contributed by atoms with Crippen LogP contribution in [0.4, 0.5) is 11.4 Å². The maximum atomic E-state index is 12.2. The van der Waals surface area contributed by atoms with Crippen LogP contribution in [0, 0.1) is 10.1 Å². The van der Waals surface area contributed by atoms with Crippen molar-refractivity contribution in [3.63, 3.8) is 0 Å². The van der Waals surface area contributed by atoms with Gasteiger partial charge >= 0.3 is 5.69 Å². The van der Waals surface area contributed by atoms with Crippen LogP contribution in [-0.2, 0) is 0 Å². The van der Waals surface area contributed by atoms with E-state index in [4.69, 9.17) is 5.73 Å². The van der Waals surface area contributed by atoms with Crippen molar-refractivity contribution in [1.82, 2.24) is 10.2 Å². The Bertz CT molecular complexity index is 541. The van der Waals surface area contributed by atoms with E-state index in [0.29, 0.717) is 0 Å². The molecule has 1 saturated heterocycles. The van der Waals surface area contributed by atoms with Gasteiger partial charge in [0.1, 0.15) is 11.3 Å². The molecule has 1 amide bonds. The Balaban J connectivity index is 2.06. The lowest BCUT2D eigenvalue weighted by Crippen LogP contribution is -2.41. The number of nitrogens with two attached hydrogens (primary N) is 1. The molecule has 7 nitrogen and oxygen atoms in total. The van der Waals surface area contributed by atoms with Gasteiger partial charge in [-0.05, 0) is 45.0 Å². The molecule has 1 unspecified atom stereocenters. The first kappa shape index (κ1) is 15.2. The summed E-state index contributed by atoms with van der Waals surface area (Å²) in [7, 11) is 0. The molecule has 1 atom stereocenters. The zero-order chi connectivity index (χ0) is 15.4. The summed E-state index contributed by atoms with van der Waals surface area (Å²) in [6, 6.07) is 4.31. The van der Waals surface area contributed by atoms with Gasteiger partial charge in [-0.15, -0.1) is 0 Å². The SMILES string of the molecule is CC(CN1CCCC1)NC(=O)c1cccc(N)c1[N+](=O)[O-]. The van der Waals surface area contributed by atoms with Crippen molar-refractivity contribution in [3.8, 4) is 0 Å². The summed E-state index contributed by atoms with van der Waals surface area (Å²) < 4.78 is 0. The Morgan fingerprint density at radius 1 is 1.48 bits per heavy atom. The highest BCUT2D eigenvalue weighted by Gasteiger charge is 2.24. The largest absolute Gasteiger partial charge is 0.393 e. The smallest absolute Gasteiger partial charge is 0.304 e. The second-order valence-electron chi connectivity index (χ2n) is 5.38. The summed E-state index contributed by atoms with van der Waals surface area (Å²) in [5, 5.41) is 13.9. The number of carbonyl (C=O) groups is 1. The number of benzene rings is 1. The van der Waals surface area contributed by atoms with E-state index >= 15 is 0 Å². The summed E-state index contributed by atoms with van der Waals surface area (Å²) in [5.74, 6) is -0.458. The van der Waals surface area contributed by atoms with Crippen molar-refractivity contribution in [1.29, 1.82) is 0 Å². The van der Waals surface area contributed by atoms with Gasteiger partial charge < -0.3 is 16.0 Å². The van der Waals surface area contributed by atoms with Crippen LogP contribution in [0.3, 0.4) is 0 Å². The third-order valence-corrected chi connectivity index (χ3v) is 3.60. The summed E-state index contributed by atoms with van der Waals surface area (Å²) in [6.45, 7) is 4.73. The fourth-order valence-electron chi connectivity index (χ4n) is 2.65. The Morgan fingerprint density at radius 3 is 2.76 bits per heavy atom.